The van der Waals surface area contributed by atoms with Crippen LogP contribution in [0.2, 0.25) is 0 Å². The van der Waals surface area contributed by atoms with E-state index in [1.165, 1.54) is 0 Å². The van der Waals surface area contributed by atoms with Crippen molar-refractivity contribution in [1.82, 2.24) is 0 Å². The van der Waals surface area contributed by atoms with E-state index in [4.69, 9.17) is 0 Å². The molecule has 1 aliphatic heterocycles. The summed E-state index contributed by atoms with van der Waals surface area (Å²) in [5.74, 6) is 0.667. The molecular weight excluding hydrogens is 196 g/mol. The predicted octanol–water partition coefficient (Wildman–Crippen LogP) is 2.14. The molecule has 0 saturated carbocycles. The minimum Gasteiger partial charge on any atom is -0.224 e. The van der Waals surface area contributed by atoms with Gasteiger partial charge in [-0.1, -0.05) is 26.0 Å². The highest BCUT2D eigenvalue weighted by Gasteiger charge is 2.26. The van der Waals surface area contributed by atoms with Gasteiger partial charge in [-0.05, 0) is 29.5 Å². The van der Waals surface area contributed by atoms with E-state index in [1.54, 1.807) is 0 Å². The number of aryl methyl sites for hydroxylation is 1. The molecule has 0 fully saturated rings. The van der Waals surface area contributed by atoms with Crippen molar-refractivity contribution in [3.8, 4) is 0 Å². The molecule has 2 rings (SSSR count). The van der Waals surface area contributed by atoms with Gasteiger partial charge in [-0.3, -0.25) is 0 Å². The molecule has 0 amide bonds. The van der Waals surface area contributed by atoms with E-state index in [0.717, 1.165) is 11.1 Å². The monoisotopic (exact) mass is 210 g/mol. The zero-order valence-electron chi connectivity index (χ0n) is 8.45. The summed E-state index contributed by atoms with van der Waals surface area (Å²) in [4.78, 5) is 0.559. The van der Waals surface area contributed by atoms with E-state index < -0.39 is 9.84 Å². The van der Waals surface area contributed by atoms with Gasteiger partial charge in [-0.25, -0.2) is 8.42 Å². The van der Waals surface area contributed by atoms with Gasteiger partial charge in [0.05, 0.1) is 10.6 Å². The van der Waals surface area contributed by atoms with E-state index in [-0.39, 0.29) is 5.75 Å². The van der Waals surface area contributed by atoms with Crippen LogP contribution in [0.25, 0.3) is 0 Å². The maximum Gasteiger partial charge on any atom is 0.178 e. The van der Waals surface area contributed by atoms with E-state index in [0.29, 0.717) is 17.2 Å². The van der Waals surface area contributed by atoms with Gasteiger partial charge in [0.1, 0.15) is 0 Å². The molecule has 0 unspecified atom stereocenters. The summed E-state index contributed by atoms with van der Waals surface area (Å²) in [5, 5.41) is 0. The lowest BCUT2D eigenvalue weighted by Crippen LogP contribution is -1.99. The second kappa shape index (κ2) is 3.09. The first-order valence-corrected chi connectivity index (χ1v) is 6.51. The average Bonchev–Trinajstić information content (AvgIpc) is 2.42. The van der Waals surface area contributed by atoms with Crippen molar-refractivity contribution in [2.75, 3.05) is 5.75 Å². The van der Waals surface area contributed by atoms with Crippen LogP contribution in [-0.4, -0.2) is 14.2 Å². The number of benzene rings is 1. The smallest absolute Gasteiger partial charge is 0.178 e. The predicted molar refractivity (Wildman–Crippen MR) is 56.3 cm³/mol. The standard InChI is InChI=1S/C11H14O2S/c1-8(2)10-4-3-9-5-6-14(12,13)11(9)7-10/h3-4,7-8H,5-6H2,1-2H3. The lowest BCUT2D eigenvalue weighted by atomic mass is 10.0. The molecule has 1 heterocycles. The third kappa shape index (κ3) is 1.46. The van der Waals surface area contributed by atoms with Gasteiger partial charge in [-0.2, -0.15) is 0 Å². The first-order chi connectivity index (χ1) is 6.50. The Morgan fingerprint density at radius 2 is 2.00 bits per heavy atom. The van der Waals surface area contributed by atoms with E-state index in [9.17, 15) is 8.42 Å². The molecule has 0 bridgehead atoms. The number of hydrogen-bond donors (Lipinski definition) is 0. The van der Waals surface area contributed by atoms with Crippen LogP contribution in [-0.2, 0) is 16.3 Å². The highest BCUT2D eigenvalue weighted by molar-refractivity contribution is 7.91. The molecule has 0 saturated heterocycles. The Hall–Kier alpha value is -0.830. The molecule has 14 heavy (non-hydrogen) atoms. The zero-order chi connectivity index (χ0) is 10.3. The van der Waals surface area contributed by atoms with Gasteiger partial charge in [0, 0.05) is 0 Å². The average molecular weight is 210 g/mol. The SMILES string of the molecule is CC(C)c1ccc2c(c1)S(=O)(=O)CC2. The van der Waals surface area contributed by atoms with Gasteiger partial charge in [0.15, 0.2) is 9.84 Å². The molecule has 2 nitrogen and oxygen atoms in total. The number of rotatable bonds is 1. The third-order valence-corrected chi connectivity index (χ3v) is 4.52. The second-order valence-electron chi connectivity index (χ2n) is 4.09. The molecule has 0 aliphatic carbocycles. The molecule has 1 aliphatic rings. The maximum atomic E-state index is 11.6. The van der Waals surface area contributed by atoms with Gasteiger partial charge in [-0.15, -0.1) is 0 Å². The Morgan fingerprint density at radius 3 is 2.64 bits per heavy atom. The van der Waals surface area contributed by atoms with Crippen LogP contribution in [0.1, 0.15) is 30.9 Å². The highest BCUT2D eigenvalue weighted by atomic mass is 32.2. The lowest BCUT2D eigenvalue weighted by molar-refractivity contribution is 0.600. The van der Waals surface area contributed by atoms with Crippen molar-refractivity contribution >= 4 is 9.84 Å². The molecule has 0 N–H and O–H groups in total. The van der Waals surface area contributed by atoms with Crippen LogP contribution in [0.4, 0.5) is 0 Å². The van der Waals surface area contributed by atoms with Crippen molar-refractivity contribution in [2.45, 2.75) is 31.1 Å². The second-order valence-corrected chi connectivity index (χ2v) is 6.17. The molecule has 0 aromatic heterocycles. The van der Waals surface area contributed by atoms with Crippen LogP contribution in [0.3, 0.4) is 0 Å². The lowest BCUT2D eigenvalue weighted by Gasteiger charge is -2.07. The van der Waals surface area contributed by atoms with E-state index in [1.807, 2.05) is 18.2 Å². The maximum absolute atomic E-state index is 11.6. The fraction of sp³-hybridized carbons (Fsp3) is 0.455. The summed E-state index contributed by atoms with van der Waals surface area (Å²) in [6, 6.07) is 5.82. The van der Waals surface area contributed by atoms with Crippen LogP contribution in [0.5, 0.6) is 0 Å². The Morgan fingerprint density at radius 1 is 1.29 bits per heavy atom. The quantitative estimate of drug-likeness (QED) is 0.711. The van der Waals surface area contributed by atoms with Gasteiger partial charge in [0.2, 0.25) is 0 Å². The normalized spacial score (nSPS) is 18.5. The van der Waals surface area contributed by atoms with E-state index >= 15 is 0 Å². The van der Waals surface area contributed by atoms with Crippen LogP contribution < -0.4 is 0 Å². The fourth-order valence-corrected chi connectivity index (χ4v) is 3.37. The summed E-state index contributed by atoms with van der Waals surface area (Å²) in [5.41, 5.74) is 2.09. The topological polar surface area (TPSA) is 34.1 Å². The van der Waals surface area contributed by atoms with Crippen molar-refractivity contribution in [2.24, 2.45) is 0 Å². The van der Waals surface area contributed by atoms with Gasteiger partial charge >= 0.3 is 0 Å². The highest BCUT2D eigenvalue weighted by Crippen LogP contribution is 2.28. The molecule has 3 heteroatoms. The van der Waals surface area contributed by atoms with Crippen molar-refractivity contribution < 1.29 is 8.42 Å². The number of fused-ring (bicyclic) bond motifs is 1. The first-order valence-electron chi connectivity index (χ1n) is 4.86. The first kappa shape index (κ1) is 9.71. The molecule has 1 aromatic carbocycles. The summed E-state index contributed by atoms with van der Waals surface area (Å²) >= 11 is 0. The van der Waals surface area contributed by atoms with Crippen LogP contribution >= 0.6 is 0 Å². The Balaban J connectivity index is 2.60. The summed E-state index contributed by atoms with van der Waals surface area (Å²) in [7, 11) is -2.96. The van der Waals surface area contributed by atoms with Crippen molar-refractivity contribution in [3.05, 3.63) is 29.3 Å². The summed E-state index contributed by atoms with van der Waals surface area (Å²) in [6.45, 7) is 4.15. The van der Waals surface area contributed by atoms with Crippen LogP contribution in [0.15, 0.2) is 23.1 Å². The molecule has 0 radical (unpaired) electrons. The third-order valence-electron chi connectivity index (χ3n) is 2.73. The van der Waals surface area contributed by atoms with Gasteiger partial charge < -0.3 is 0 Å². The molecular formula is C11H14O2S. The Bertz CT molecular complexity index is 458. The van der Waals surface area contributed by atoms with Crippen molar-refractivity contribution in [1.29, 1.82) is 0 Å². The fourth-order valence-electron chi connectivity index (χ4n) is 1.78. The van der Waals surface area contributed by atoms with Crippen LogP contribution in [0, 0.1) is 0 Å². The summed E-state index contributed by atoms with van der Waals surface area (Å²) in [6.07, 6.45) is 0.677. The minimum atomic E-state index is -2.96. The van der Waals surface area contributed by atoms with Gasteiger partial charge in [0.25, 0.3) is 0 Å². The molecule has 76 valence electrons. The zero-order valence-corrected chi connectivity index (χ0v) is 9.26. The molecule has 1 aromatic rings. The van der Waals surface area contributed by atoms with Crippen molar-refractivity contribution in [3.63, 3.8) is 0 Å². The Kier molecular flexibility index (Phi) is 2.14. The largest absolute Gasteiger partial charge is 0.224 e. The molecule has 0 spiro atoms. The number of hydrogen-bond acceptors (Lipinski definition) is 2. The minimum absolute atomic E-state index is 0.282. The molecule has 0 atom stereocenters. The number of sulfone groups is 1. The Labute approximate surface area is 84.9 Å². The summed E-state index contributed by atoms with van der Waals surface area (Å²) < 4.78 is 23.3. The van der Waals surface area contributed by atoms with E-state index in [2.05, 4.69) is 13.8 Å².